The molecule has 0 atom stereocenters. The van der Waals surface area contributed by atoms with Crippen LogP contribution >= 0.6 is 0 Å². The van der Waals surface area contributed by atoms with Crippen molar-refractivity contribution in [2.24, 2.45) is 5.92 Å². The molecule has 0 saturated carbocycles. The van der Waals surface area contributed by atoms with Crippen molar-refractivity contribution in [3.63, 3.8) is 0 Å². The van der Waals surface area contributed by atoms with Gasteiger partial charge >= 0.3 is 18.0 Å². The smallest absolute Gasteiger partial charge is 0.410 e. The van der Waals surface area contributed by atoms with E-state index in [2.05, 4.69) is 5.10 Å². The third kappa shape index (κ3) is 4.73. The lowest BCUT2D eigenvalue weighted by atomic mass is 9.96. The number of nitrogens with zero attached hydrogens (tertiary/aromatic N) is 3. The lowest BCUT2D eigenvalue weighted by molar-refractivity contribution is -0.141. The minimum Gasteiger partial charge on any atom is -0.444 e. The number of halogens is 3. The summed E-state index contributed by atoms with van der Waals surface area (Å²) in [4.78, 5) is 24.6. The molecule has 130 valence electrons. The van der Waals surface area contributed by atoms with Crippen LogP contribution < -0.4 is 5.69 Å². The van der Waals surface area contributed by atoms with Gasteiger partial charge < -0.3 is 9.64 Å². The highest BCUT2D eigenvalue weighted by atomic mass is 19.4. The molecule has 1 fully saturated rings. The molecule has 0 aliphatic carbocycles. The summed E-state index contributed by atoms with van der Waals surface area (Å²) in [6, 6.07) is 0. The third-order valence-electron chi connectivity index (χ3n) is 3.25. The van der Waals surface area contributed by atoms with E-state index >= 15 is 0 Å². The van der Waals surface area contributed by atoms with Crippen LogP contribution in [0.25, 0.3) is 0 Å². The number of alkyl halides is 3. The molecule has 0 unspecified atom stereocenters. The van der Waals surface area contributed by atoms with Crippen LogP contribution in [0.15, 0.2) is 4.79 Å². The molecule has 0 aromatic carbocycles. The fraction of sp³-hybridized carbons (Fsp3) is 0.769. The monoisotopic (exact) mass is 336 g/mol. The van der Waals surface area contributed by atoms with E-state index in [1.807, 2.05) is 5.10 Å². The summed E-state index contributed by atoms with van der Waals surface area (Å²) < 4.78 is 43.2. The first-order chi connectivity index (χ1) is 10.4. The van der Waals surface area contributed by atoms with Crippen LogP contribution in [-0.2, 0) is 17.7 Å². The molecule has 0 bridgehead atoms. The van der Waals surface area contributed by atoms with E-state index in [0.717, 1.165) is 0 Å². The van der Waals surface area contributed by atoms with Gasteiger partial charge in [-0.05, 0) is 20.8 Å². The van der Waals surface area contributed by atoms with Gasteiger partial charge in [-0.15, -0.1) is 0 Å². The molecule has 1 saturated heterocycles. The van der Waals surface area contributed by atoms with Crippen LogP contribution in [0.1, 0.15) is 26.6 Å². The van der Waals surface area contributed by atoms with Crippen LogP contribution in [0.5, 0.6) is 0 Å². The quantitative estimate of drug-likeness (QED) is 0.908. The zero-order chi connectivity index (χ0) is 17.4. The van der Waals surface area contributed by atoms with Crippen molar-refractivity contribution in [3.8, 4) is 0 Å². The molecular weight excluding hydrogens is 317 g/mol. The van der Waals surface area contributed by atoms with Crippen LogP contribution in [0.3, 0.4) is 0 Å². The molecule has 1 aliphatic rings. The second kappa shape index (κ2) is 5.89. The third-order valence-corrected chi connectivity index (χ3v) is 3.25. The van der Waals surface area contributed by atoms with Gasteiger partial charge in [-0.1, -0.05) is 0 Å². The Morgan fingerprint density at radius 1 is 1.35 bits per heavy atom. The van der Waals surface area contributed by atoms with E-state index in [4.69, 9.17) is 4.74 Å². The second-order valence-electron chi connectivity index (χ2n) is 6.60. The fourth-order valence-corrected chi connectivity index (χ4v) is 2.28. The Labute approximate surface area is 130 Å². The number of ether oxygens (including phenoxy) is 1. The van der Waals surface area contributed by atoms with E-state index in [1.165, 1.54) is 4.90 Å². The first kappa shape index (κ1) is 17.4. The Kier molecular flexibility index (Phi) is 4.45. The Hall–Kier alpha value is -2.00. The summed E-state index contributed by atoms with van der Waals surface area (Å²) in [6.07, 6.45) is -4.76. The van der Waals surface area contributed by atoms with Gasteiger partial charge in [-0.25, -0.2) is 14.7 Å². The van der Waals surface area contributed by atoms with E-state index < -0.39 is 30.1 Å². The van der Waals surface area contributed by atoms with Crippen LogP contribution in [0.4, 0.5) is 18.0 Å². The first-order valence-corrected chi connectivity index (χ1v) is 7.13. The summed E-state index contributed by atoms with van der Waals surface area (Å²) in [7, 11) is 0. The molecule has 1 aromatic heterocycles. The summed E-state index contributed by atoms with van der Waals surface area (Å²) >= 11 is 0. The molecule has 10 heteroatoms. The zero-order valence-corrected chi connectivity index (χ0v) is 13.1. The number of likely N-dealkylation sites (tertiary alicyclic amines) is 1. The minimum atomic E-state index is -4.50. The molecule has 1 aromatic rings. The predicted octanol–water partition coefficient (Wildman–Crippen LogP) is 1.54. The number of amides is 1. The zero-order valence-electron chi connectivity index (χ0n) is 13.1. The first-order valence-electron chi connectivity index (χ1n) is 7.13. The van der Waals surface area contributed by atoms with Crippen molar-refractivity contribution in [3.05, 3.63) is 16.3 Å². The standard InChI is InChI=1S/C13H19F3N4O3/c1-12(2,3)23-11(22)19-5-8(6-19)4-9-17-18-10(21)20(9)7-13(14,15)16/h8H,4-7H2,1-3H3,(H,18,21). The van der Waals surface area contributed by atoms with Crippen molar-refractivity contribution >= 4 is 6.09 Å². The predicted molar refractivity (Wildman–Crippen MR) is 73.9 cm³/mol. The number of hydrogen-bond acceptors (Lipinski definition) is 4. The molecule has 0 spiro atoms. The van der Waals surface area contributed by atoms with E-state index in [0.29, 0.717) is 17.7 Å². The van der Waals surface area contributed by atoms with Gasteiger partial charge in [-0.2, -0.15) is 18.3 Å². The van der Waals surface area contributed by atoms with E-state index in [-0.39, 0.29) is 18.2 Å². The number of H-pyrrole nitrogens is 1. The topological polar surface area (TPSA) is 80.2 Å². The average Bonchev–Trinajstić information content (AvgIpc) is 2.60. The average molecular weight is 336 g/mol. The number of aromatic nitrogens is 3. The van der Waals surface area contributed by atoms with Gasteiger partial charge in [0.15, 0.2) is 0 Å². The summed E-state index contributed by atoms with van der Waals surface area (Å²) in [5.74, 6) is -0.00846. The number of carbonyl (C=O) groups is 1. The largest absolute Gasteiger partial charge is 0.444 e. The Morgan fingerprint density at radius 2 is 1.96 bits per heavy atom. The number of carbonyl (C=O) groups excluding carboxylic acids is 1. The van der Waals surface area contributed by atoms with Gasteiger partial charge in [0.25, 0.3) is 0 Å². The molecule has 0 radical (unpaired) electrons. The fourth-order valence-electron chi connectivity index (χ4n) is 2.28. The van der Waals surface area contributed by atoms with E-state index in [1.54, 1.807) is 20.8 Å². The van der Waals surface area contributed by atoms with Crippen molar-refractivity contribution in [2.75, 3.05) is 13.1 Å². The molecule has 2 heterocycles. The minimum absolute atomic E-state index is 0.0427. The molecule has 1 N–H and O–H groups in total. The van der Waals surface area contributed by atoms with Gasteiger partial charge in [0.1, 0.15) is 18.0 Å². The van der Waals surface area contributed by atoms with Gasteiger partial charge in [0.2, 0.25) is 0 Å². The molecule has 2 rings (SSSR count). The van der Waals surface area contributed by atoms with Crippen molar-refractivity contribution in [1.82, 2.24) is 19.7 Å². The highest BCUT2D eigenvalue weighted by Gasteiger charge is 2.36. The maximum absolute atomic E-state index is 12.5. The lowest BCUT2D eigenvalue weighted by Gasteiger charge is -2.39. The molecule has 7 nitrogen and oxygen atoms in total. The maximum Gasteiger partial charge on any atom is 0.410 e. The Morgan fingerprint density at radius 3 is 2.48 bits per heavy atom. The number of nitrogens with one attached hydrogen (secondary N) is 1. The van der Waals surface area contributed by atoms with Crippen LogP contribution in [-0.4, -0.2) is 50.6 Å². The van der Waals surface area contributed by atoms with Gasteiger partial charge in [-0.3, -0.25) is 4.57 Å². The summed E-state index contributed by atoms with van der Waals surface area (Å²) in [6.45, 7) is 4.61. The molecular formula is C13H19F3N4O3. The number of aromatic amines is 1. The van der Waals surface area contributed by atoms with Gasteiger partial charge in [0.05, 0.1) is 0 Å². The molecule has 1 aliphatic heterocycles. The molecule has 1 amide bonds. The highest BCUT2D eigenvalue weighted by molar-refractivity contribution is 5.69. The summed E-state index contributed by atoms with van der Waals surface area (Å²) in [5, 5.41) is 5.67. The van der Waals surface area contributed by atoms with Crippen LogP contribution in [0.2, 0.25) is 0 Å². The number of rotatable bonds is 3. The second-order valence-corrected chi connectivity index (χ2v) is 6.60. The van der Waals surface area contributed by atoms with E-state index in [9.17, 15) is 22.8 Å². The lowest BCUT2D eigenvalue weighted by Crippen LogP contribution is -2.52. The highest BCUT2D eigenvalue weighted by Crippen LogP contribution is 2.23. The van der Waals surface area contributed by atoms with Crippen molar-refractivity contribution in [1.29, 1.82) is 0 Å². The van der Waals surface area contributed by atoms with Crippen molar-refractivity contribution < 1.29 is 22.7 Å². The van der Waals surface area contributed by atoms with Crippen molar-refractivity contribution in [2.45, 2.75) is 45.5 Å². The normalized spacial score (nSPS) is 16.3. The van der Waals surface area contributed by atoms with Crippen LogP contribution in [0, 0.1) is 5.92 Å². The summed E-state index contributed by atoms with van der Waals surface area (Å²) in [5.41, 5.74) is -1.49. The number of hydrogen-bond donors (Lipinski definition) is 1. The SMILES string of the molecule is CC(C)(C)OC(=O)N1CC(Cc2n[nH]c(=O)n2CC(F)(F)F)C1. The van der Waals surface area contributed by atoms with Gasteiger partial charge in [0, 0.05) is 25.4 Å². The maximum atomic E-state index is 12.5. The Bertz CT molecular complexity index is 624. The Balaban J connectivity index is 1.91. The molecule has 23 heavy (non-hydrogen) atoms.